The van der Waals surface area contributed by atoms with E-state index in [0.29, 0.717) is 0 Å². The number of aryl methyl sites for hydroxylation is 1. The van der Waals surface area contributed by atoms with Crippen molar-refractivity contribution in [1.29, 1.82) is 0 Å². The van der Waals surface area contributed by atoms with Crippen LogP contribution < -0.4 is 10.9 Å². The van der Waals surface area contributed by atoms with E-state index >= 15 is 0 Å². The van der Waals surface area contributed by atoms with Gasteiger partial charge in [0.25, 0.3) is 5.56 Å². The zero-order valence-electron chi connectivity index (χ0n) is 8.33. The smallest absolute Gasteiger partial charge is 0.266 e. The Morgan fingerprint density at radius 1 is 1.57 bits per heavy atom. The average Bonchev–Trinajstić information content (AvgIpc) is 2.63. The predicted octanol–water partition coefficient (Wildman–Crippen LogP) is 0.566. The standard InChI is InChI=1S/C10H17N3O/c14-10-3-6-12-13(10)7-4-9-2-1-5-11-8-9/h3,6,9,11-12H,1-2,4-5,7-8H2. The fraction of sp³-hybridized carbons (Fsp3) is 0.700. The molecule has 0 amide bonds. The number of piperidine rings is 1. The van der Waals surface area contributed by atoms with Crippen molar-refractivity contribution in [2.75, 3.05) is 13.1 Å². The first-order chi connectivity index (χ1) is 6.86. The number of nitrogens with zero attached hydrogens (tertiary/aromatic N) is 1. The summed E-state index contributed by atoms with van der Waals surface area (Å²) in [7, 11) is 0. The SMILES string of the molecule is O=c1cc[nH]n1CCC1CCCNC1. The Morgan fingerprint density at radius 3 is 3.14 bits per heavy atom. The van der Waals surface area contributed by atoms with Crippen molar-refractivity contribution < 1.29 is 0 Å². The normalized spacial score (nSPS) is 22.4. The zero-order chi connectivity index (χ0) is 9.80. The van der Waals surface area contributed by atoms with Crippen LogP contribution in [0, 0.1) is 5.92 Å². The van der Waals surface area contributed by atoms with Gasteiger partial charge in [-0.15, -0.1) is 0 Å². The van der Waals surface area contributed by atoms with Crippen molar-refractivity contribution in [2.45, 2.75) is 25.8 Å². The lowest BCUT2D eigenvalue weighted by Gasteiger charge is -2.22. The molecule has 0 bridgehead atoms. The van der Waals surface area contributed by atoms with Crippen LogP contribution in [0.3, 0.4) is 0 Å². The van der Waals surface area contributed by atoms with Gasteiger partial charge in [0.05, 0.1) is 0 Å². The number of aromatic amines is 1. The maximum Gasteiger partial charge on any atom is 0.266 e. The van der Waals surface area contributed by atoms with Crippen molar-refractivity contribution in [2.24, 2.45) is 5.92 Å². The summed E-state index contributed by atoms with van der Waals surface area (Å²) in [6.07, 6.45) is 5.35. The second-order valence-electron chi connectivity index (χ2n) is 3.95. The molecule has 1 aliphatic heterocycles. The van der Waals surface area contributed by atoms with Crippen LogP contribution in [0.1, 0.15) is 19.3 Å². The fourth-order valence-electron chi connectivity index (χ4n) is 2.01. The van der Waals surface area contributed by atoms with Crippen molar-refractivity contribution in [3.05, 3.63) is 22.6 Å². The van der Waals surface area contributed by atoms with E-state index in [2.05, 4.69) is 10.4 Å². The highest BCUT2D eigenvalue weighted by atomic mass is 16.1. The molecule has 1 unspecified atom stereocenters. The highest BCUT2D eigenvalue weighted by molar-refractivity contribution is 4.80. The second-order valence-corrected chi connectivity index (χ2v) is 3.95. The monoisotopic (exact) mass is 195 g/mol. The van der Waals surface area contributed by atoms with Gasteiger partial charge < -0.3 is 10.4 Å². The van der Waals surface area contributed by atoms with Gasteiger partial charge in [-0.1, -0.05) is 0 Å². The minimum Gasteiger partial charge on any atom is -0.316 e. The number of rotatable bonds is 3. The summed E-state index contributed by atoms with van der Waals surface area (Å²) in [6, 6.07) is 1.57. The summed E-state index contributed by atoms with van der Waals surface area (Å²) in [5.41, 5.74) is 0.0776. The Balaban J connectivity index is 1.82. The summed E-state index contributed by atoms with van der Waals surface area (Å²) in [4.78, 5) is 11.2. The van der Waals surface area contributed by atoms with Crippen LogP contribution in [0.4, 0.5) is 0 Å². The fourth-order valence-corrected chi connectivity index (χ4v) is 2.01. The van der Waals surface area contributed by atoms with Gasteiger partial charge in [-0.25, -0.2) is 0 Å². The molecule has 2 heterocycles. The molecular formula is C10H17N3O. The molecule has 4 heteroatoms. The van der Waals surface area contributed by atoms with Crippen LogP contribution in [0.15, 0.2) is 17.1 Å². The minimum absolute atomic E-state index is 0.0776. The van der Waals surface area contributed by atoms with E-state index in [9.17, 15) is 4.79 Å². The zero-order valence-corrected chi connectivity index (χ0v) is 8.33. The molecule has 0 radical (unpaired) electrons. The number of hydrogen-bond acceptors (Lipinski definition) is 2. The molecule has 4 nitrogen and oxygen atoms in total. The average molecular weight is 195 g/mol. The van der Waals surface area contributed by atoms with Gasteiger partial charge in [0.15, 0.2) is 0 Å². The lowest BCUT2D eigenvalue weighted by Crippen LogP contribution is -2.31. The first-order valence-electron chi connectivity index (χ1n) is 5.31. The van der Waals surface area contributed by atoms with Crippen molar-refractivity contribution in [3.8, 4) is 0 Å². The molecule has 78 valence electrons. The Hall–Kier alpha value is -1.03. The highest BCUT2D eigenvalue weighted by Crippen LogP contribution is 2.13. The third-order valence-electron chi connectivity index (χ3n) is 2.88. The molecule has 14 heavy (non-hydrogen) atoms. The van der Waals surface area contributed by atoms with Gasteiger partial charge >= 0.3 is 0 Å². The topological polar surface area (TPSA) is 49.8 Å². The molecule has 0 aromatic carbocycles. The number of hydrogen-bond donors (Lipinski definition) is 2. The van der Waals surface area contributed by atoms with Crippen LogP contribution in [0.2, 0.25) is 0 Å². The van der Waals surface area contributed by atoms with Crippen LogP contribution >= 0.6 is 0 Å². The predicted molar refractivity (Wildman–Crippen MR) is 55.3 cm³/mol. The van der Waals surface area contributed by atoms with Crippen LogP contribution in [0.5, 0.6) is 0 Å². The summed E-state index contributed by atoms with van der Waals surface area (Å²) in [5, 5.41) is 6.31. The van der Waals surface area contributed by atoms with E-state index < -0.39 is 0 Å². The lowest BCUT2D eigenvalue weighted by molar-refractivity contribution is 0.334. The highest BCUT2D eigenvalue weighted by Gasteiger charge is 2.12. The van der Waals surface area contributed by atoms with E-state index in [1.807, 2.05) is 0 Å². The maximum absolute atomic E-state index is 11.2. The Labute approximate surface area is 83.3 Å². The van der Waals surface area contributed by atoms with E-state index in [-0.39, 0.29) is 5.56 Å². The van der Waals surface area contributed by atoms with Gasteiger partial charge in [-0.2, -0.15) is 0 Å². The Bertz CT molecular complexity index is 322. The van der Waals surface area contributed by atoms with E-state index in [1.165, 1.54) is 12.8 Å². The molecule has 0 saturated carbocycles. The van der Waals surface area contributed by atoms with Crippen molar-refractivity contribution in [1.82, 2.24) is 15.1 Å². The van der Waals surface area contributed by atoms with E-state index in [1.54, 1.807) is 16.9 Å². The first-order valence-corrected chi connectivity index (χ1v) is 5.31. The molecular weight excluding hydrogens is 178 g/mol. The summed E-state index contributed by atoms with van der Waals surface area (Å²) < 4.78 is 1.68. The lowest BCUT2D eigenvalue weighted by atomic mass is 9.96. The Kier molecular flexibility index (Phi) is 3.03. The molecule has 1 atom stereocenters. The number of H-pyrrole nitrogens is 1. The van der Waals surface area contributed by atoms with Crippen LogP contribution in [-0.2, 0) is 6.54 Å². The molecule has 1 aliphatic rings. The molecule has 0 spiro atoms. The van der Waals surface area contributed by atoms with Gasteiger partial charge in [-0.3, -0.25) is 9.48 Å². The second kappa shape index (κ2) is 4.46. The Morgan fingerprint density at radius 2 is 2.50 bits per heavy atom. The molecule has 1 fully saturated rings. The molecule has 1 saturated heterocycles. The molecule has 1 aromatic rings. The maximum atomic E-state index is 11.2. The number of aromatic nitrogens is 2. The van der Waals surface area contributed by atoms with Gasteiger partial charge in [0, 0.05) is 18.8 Å². The summed E-state index contributed by atoms with van der Waals surface area (Å²) in [5.74, 6) is 0.735. The van der Waals surface area contributed by atoms with Crippen molar-refractivity contribution in [3.63, 3.8) is 0 Å². The van der Waals surface area contributed by atoms with Crippen molar-refractivity contribution >= 4 is 0 Å². The minimum atomic E-state index is 0.0776. The summed E-state index contributed by atoms with van der Waals surface area (Å²) >= 11 is 0. The molecule has 1 aromatic heterocycles. The van der Waals surface area contributed by atoms with E-state index in [0.717, 1.165) is 32.0 Å². The molecule has 0 aliphatic carbocycles. The van der Waals surface area contributed by atoms with Gasteiger partial charge in [0.2, 0.25) is 0 Å². The van der Waals surface area contributed by atoms with Gasteiger partial charge in [-0.05, 0) is 38.3 Å². The number of nitrogens with one attached hydrogen (secondary N) is 2. The third kappa shape index (κ3) is 2.26. The first kappa shape index (κ1) is 9.52. The van der Waals surface area contributed by atoms with Crippen LogP contribution in [0.25, 0.3) is 0 Å². The summed E-state index contributed by atoms with van der Waals surface area (Å²) in [6.45, 7) is 3.08. The molecule has 2 N–H and O–H groups in total. The molecule has 2 rings (SSSR count). The quantitative estimate of drug-likeness (QED) is 0.740. The van der Waals surface area contributed by atoms with Crippen LogP contribution in [-0.4, -0.2) is 22.9 Å². The third-order valence-corrected chi connectivity index (χ3v) is 2.88. The largest absolute Gasteiger partial charge is 0.316 e. The van der Waals surface area contributed by atoms with Gasteiger partial charge in [0.1, 0.15) is 0 Å². The van der Waals surface area contributed by atoms with E-state index in [4.69, 9.17) is 0 Å².